The molecule has 0 saturated heterocycles. The first-order chi connectivity index (χ1) is 7.61. The van der Waals surface area contributed by atoms with Gasteiger partial charge in [0.1, 0.15) is 0 Å². The van der Waals surface area contributed by atoms with Crippen molar-refractivity contribution in [3.8, 4) is 0 Å². The third-order valence-corrected chi connectivity index (χ3v) is 2.46. The Morgan fingerprint density at radius 2 is 2.25 bits per heavy atom. The minimum absolute atomic E-state index is 0.290. The fraction of sp³-hybridized carbons (Fsp3) is 0.0909. The minimum Gasteiger partial charge on any atom is -0.466 e. The number of anilines is 1. The summed E-state index contributed by atoms with van der Waals surface area (Å²) in [6.45, 7) is 0. The number of carbonyl (C=O) groups is 2. The van der Waals surface area contributed by atoms with Crippen LogP contribution in [-0.4, -0.2) is 19.0 Å². The molecule has 82 valence electrons. The summed E-state index contributed by atoms with van der Waals surface area (Å²) in [6.07, 6.45) is 1.16. The minimum atomic E-state index is -0.562. The van der Waals surface area contributed by atoms with Gasteiger partial charge in [0.2, 0.25) is 0 Å². The molecule has 0 aromatic heterocycles. The van der Waals surface area contributed by atoms with Crippen molar-refractivity contribution < 1.29 is 14.3 Å². The van der Waals surface area contributed by atoms with Crippen molar-refractivity contribution >= 4 is 34.7 Å². The predicted octanol–water partition coefficient (Wildman–Crippen LogP) is 1.85. The van der Waals surface area contributed by atoms with Gasteiger partial charge in [-0.15, -0.1) is 0 Å². The maximum atomic E-state index is 11.6. The quantitative estimate of drug-likeness (QED) is 0.599. The largest absolute Gasteiger partial charge is 0.466 e. The molecule has 1 heterocycles. The number of halogens is 1. The van der Waals surface area contributed by atoms with Crippen LogP contribution in [0.1, 0.15) is 5.56 Å². The molecular weight excluding hydrogens is 230 g/mol. The van der Waals surface area contributed by atoms with Gasteiger partial charge in [-0.25, -0.2) is 4.79 Å². The van der Waals surface area contributed by atoms with Gasteiger partial charge in [-0.05, 0) is 12.1 Å². The highest BCUT2D eigenvalue weighted by atomic mass is 35.5. The molecule has 0 atom stereocenters. The zero-order valence-electron chi connectivity index (χ0n) is 8.41. The van der Waals surface area contributed by atoms with Crippen LogP contribution >= 0.6 is 11.6 Å². The van der Waals surface area contributed by atoms with Crippen LogP contribution in [0.25, 0.3) is 5.57 Å². The van der Waals surface area contributed by atoms with Crippen LogP contribution in [-0.2, 0) is 14.3 Å². The number of carbonyl (C=O) groups excluding carboxylic acids is 2. The van der Waals surface area contributed by atoms with Crippen LogP contribution in [0.15, 0.2) is 24.3 Å². The molecule has 1 N–H and O–H groups in total. The zero-order valence-corrected chi connectivity index (χ0v) is 9.17. The summed E-state index contributed by atoms with van der Waals surface area (Å²) in [5, 5.41) is 3.14. The van der Waals surface area contributed by atoms with Crippen molar-refractivity contribution in [3.05, 3.63) is 34.9 Å². The summed E-state index contributed by atoms with van der Waals surface area (Å²) < 4.78 is 4.48. The topological polar surface area (TPSA) is 55.4 Å². The second-order valence-electron chi connectivity index (χ2n) is 3.23. The molecule has 1 aromatic rings. The summed E-state index contributed by atoms with van der Waals surface area (Å²) in [7, 11) is 1.26. The molecule has 16 heavy (non-hydrogen) atoms. The molecular formula is C11H8ClNO3. The number of hydrogen-bond acceptors (Lipinski definition) is 3. The fourth-order valence-corrected chi connectivity index (χ4v) is 1.66. The molecule has 0 bridgehead atoms. The van der Waals surface area contributed by atoms with Gasteiger partial charge in [0, 0.05) is 16.7 Å². The smallest absolute Gasteiger partial charge is 0.331 e. The van der Waals surface area contributed by atoms with E-state index < -0.39 is 5.97 Å². The normalized spacial score (nSPS) is 15.9. The van der Waals surface area contributed by atoms with Gasteiger partial charge < -0.3 is 10.1 Å². The van der Waals surface area contributed by atoms with E-state index in [0.717, 1.165) is 6.08 Å². The van der Waals surface area contributed by atoms with Crippen molar-refractivity contribution in [1.82, 2.24) is 0 Å². The molecule has 4 nitrogen and oxygen atoms in total. The Hall–Kier alpha value is -1.81. The first kappa shape index (κ1) is 10.7. The lowest BCUT2D eigenvalue weighted by atomic mass is 10.1. The molecule has 0 spiro atoms. The van der Waals surface area contributed by atoms with Gasteiger partial charge in [-0.3, -0.25) is 4.79 Å². The lowest BCUT2D eigenvalue weighted by molar-refractivity contribution is -0.134. The van der Waals surface area contributed by atoms with Crippen LogP contribution in [0, 0.1) is 0 Å². The summed E-state index contributed by atoms with van der Waals surface area (Å²) in [5.74, 6) is -0.893. The van der Waals surface area contributed by atoms with Gasteiger partial charge in [0.05, 0.1) is 18.4 Å². The maximum Gasteiger partial charge on any atom is 0.331 e. The van der Waals surface area contributed by atoms with E-state index in [9.17, 15) is 9.59 Å². The first-order valence-electron chi connectivity index (χ1n) is 4.52. The van der Waals surface area contributed by atoms with Crippen LogP contribution < -0.4 is 5.32 Å². The van der Waals surface area contributed by atoms with Crippen LogP contribution in [0.3, 0.4) is 0 Å². The lowest BCUT2D eigenvalue weighted by Gasteiger charge is -1.98. The van der Waals surface area contributed by atoms with Gasteiger partial charge in [0.25, 0.3) is 5.91 Å². The van der Waals surface area contributed by atoms with Crippen LogP contribution in [0.4, 0.5) is 5.69 Å². The first-order valence-corrected chi connectivity index (χ1v) is 4.90. The number of rotatable bonds is 1. The fourth-order valence-electron chi connectivity index (χ4n) is 1.49. The third-order valence-electron chi connectivity index (χ3n) is 2.23. The van der Waals surface area contributed by atoms with E-state index in [1.807, 2.05) is 0 Å². The standard InChI is InChI=1S/C11H8ClNO3/c1-16-10(14)5-8-7-3-2-6(12)4-9(7)13-11(8)15/h2-5H,1H3,(H,13,15). The van der Waals surface area contributed by atoms with Gasteiger partial charge in [-0.2, -0.15) is 0 Å². The Morgan fingerprint density at radius 3 is 2.94 bits per heavy atom. The van der Waals surface area contributed by atoms with Crippen molar-refractivity contribution in [2.75, 3.05) is 12.4 Å². The molecule has 1 aliphatic heterocycles. The number of esters is 1. The molecule has 0 saturated carbocycles. The number of hydrogen-bond donors (Lipinski definition) is 1. The van der Waals surface area contributed by atoms with Crippen molar-refractivity contribution in [3.63, 3.8) is 0 Å². The van der Waals surface area contributed by atoms with Crippen LogP contribution in [0.5, 0.6) is 0 Å². The van der Waals surface area contributed by atoms with E-state index in [1.165, 1.54) is 7.11 Å². The Morgan fingerprint density at radius 1 is 1.50 bits per heavy atom. The molecule has 0 radical (unpaired) electrons. The maximum absolute atomic E-state index is 11.6. The van der Waals surface area contributed by atoms with Crippen molar-refractivity contribution in [2.45, 2.75) is 0 Å². The van der Waals surface area contributed by atoms with Gasteiger partial charge in [0.15, 0.2) is 0 Å². The predicted molar refractivity (Wildman–Crippen MR) is 60.1 cm³/mol. The molecule has 2 rings (SSSR count). The average molecular weight is 238 g/mol. The number of amides is 1. The summed E-state index contributed by atoms with van der Waals surface area (Å²) in [4.78, 5) is 22.6. The van der Waals surface area contributed by atoms with E-state index >= 15 is 0 Å². The summed E-state index contributed by atoms with van der Waals surface area (Å²) in [5.41, 5.74) is 1.55. The number of fused-ring (bicyclic) bond motifs is 1. The Kier molecular flexibility index (Phi) is 2.66. The van der Waals surface area contributed by atoms with E-state index in [0.29, 0.717) is 21.8 Å². The van der Waals surface area contributed by atoms with Crippen molar-refractivity contribution in [2.24, 2.45) is 0 Å². The lowest BCUT2D eigenvalue weighted by Crippen LogP contribution is -2.06. The average Bonchev–Trinajstić information content (AvgIpc) is 2.54. The Balaban J connectivity index is 2.48. The summed E-state index contributed by atoms with van der Waals surface area (Å²) >= 11 is 5.79. The van der Waals surface area contributed by atoms with Gasteiger partial charge in [-0.1, -0.05) is 17.7 Å². The number of nitrogens with one attached hydrogen (secondary N) is 1. The molecule has 0 aliphatic carbocycles. The number of methoxy groups -OCH3 is 1. The second-order valence-corrected chi connectivity index (χ2v) is 3.66. The number of benzene rings is 1. The molecule has 1 aromatic carbocycles. The molecule has 5 heteroatoms. The van der Waals surface area contributed by atoms with E-state index in [2.05, 4.69) is 10.1 Å². The highest BCUT2D eigenvalue weighted by Gasteiger charge is 2.25. The second kappa shape index (κ2) is 3.98. The highest BCUT2D eigenvalue weighted by molar-refractivity contribution is 6.35. The molecule has 1 aliphatic rings. The van der Waals surface area contributed by atoms with E-state index in [4.69, 9.17) is 11.6 Å². The molecule has 0 unspecified atom stereocenters. The molecule has 0 fully saturated rings. The molecule has 1 amide bonds. The SMILES string of the molecule is COC(=O)C=C1C(=O)Nc2cc(Cl)ccc21. The summed E-state index contributed by atoms with van der Waals surface area (Å²) in [6, 6.07) is 4.98. The highest BCUT2D eigenvalue weighted by Crippen LogP contribution is 2.33. The van der Waals surface area contributed by atoms with Crippen LogP contribution in [0.2, 0.25) is 5.02 Å². The van der Waals surface area contributed by atoms with E-state index in [-0.39, 0.29) is 5.91 Å². The van der Waals surface area contributed by atoms with Crippen molar-refractivity contribution in [1.29, 1.82) is 0 Å². The van der Waals surface area contributed by atoms with E-state index in [1.54, 1.807) is 18.2 Å². The number of ether oxygens (including phenoxy) is 1. The van der Waals surface area contributed by atoms with Gasteiger partial charge >= 0.3 is 5.97 Å². The Labute approximate surface area is 96.9 Å². The third kappa shape index (κ3) is 1.79. The monoisotopic (exact) mass is 237 g/mol. The zero-order chi connectivity index (χ0) is 11.7. The Bertz CT molecular complexity index is 508.